The van der Waals surface area contributed by atoms with Gasteiger partial charge in [-0.15, -0.1) is 10.2 Å². The highest BCUT2D eigenvalue weighted by Crippen LogP contribution is 2.32. The Labute approximate surface area is 200 Å². The second-order valence-electron chi connectivity index (χ2n) is 8.45. The molecule has 0 spiro atoms. The third kappa shape index (κ3) is 4.98. The summed E-state index contributed by atoms with van der Waals surface area (Å²) >= 11 is 1.49. The average molecular weight is 464 g/mol. The maximum absolute atomic E-state index is 13.1. The number of thioether (sulfide) groups is 1. The highest BCUT2D eigenvalue weighted by Gasteiger charge is 2.27. The van der Waals surface area contributed by atoms with Crippen molar-refractivity contribution in [1.82, 2.24) is 24.6 Å². The Hall–Kier alpha value is -2.67. The number of benzene rings is 1. The number of para-hydroxylation sites is 1. The van der Waals surface area contributed by atoms with E-state index in [9.17, 15) is 4.79 Å². The number of rotatable bonds is 8. The Balaban J connectivity index is 1.72. The number of aromatic nitrogens is 4. The second-order valence-corrected chi connectivity index (χ2v) is 9.39. The van der Waals surface area contributed by atoms with Gasteiger partial charge in [-0.25, -0.2) is 0 Å². The Morgan fingerprint density at radius 2 is 1.85 bits per heavy atom. The maximum atomic E-state index is 13.1. The van der Waals surface area contributed by atoms with E-state index in [1.165, 1.54) is 29.3 Å². The fourth-order valence-corrected chi connectivity index (χ4v) is 5.54. The first-order valence-corrected chi connectivity index (χ1v) is 13.1. The molecule has 0 N–H and O–H groups in total. The molecular weight excluding hydrogens is 430 g/mol. The van der Waals surface area contributed by atoms with Gasteiger partial charge in [0.2, 0.25) is 5.91 Å². The summed E-state index contributed by atoms with van der Waals surface area (Å²) in [7, 11) is 0. The quantitative estimate of drug-likeness (QED) is 0.422. The van der Waals surface area contributed by atoms with Crippen molar-refractivity contribution in [2.24, 2.45) is 0 Å². The van der Waals surface area contributed by atoms with Gasteiger partial charge in [0.25, 0.3) is 0 Å². The van der Waals surface area contributed by atoms with Crippen LogP contribution in [0.2, 0.25) is 0 Å². The molecule has 0 saturated carbocycles. The molecule has 1 aromatic carbocycles. The molecule has 0 bridgehead atoms. The smallest absolute Gasteiger partial charge is 0.233 e. The minimum Gasteiger partial charge on any atom is -0.339 e. The van der Waals surface area contributed by atoms with Crippen LogP contribution in [0.15, 0.2) is 47.9 Å². The predicted molar refractivity (Wildman–Crippen MR) is 134 cm³/mol. The van der Waals surface area contributed by atoms with Gasteiger partial charge < -0.3 is 4.90 Å². The zero-order valence-electron chi connectivity index (χ0n) is 19.8. The summed E-state index contributed by atoms with van der Waals surface area (Å²) < 4.78 is 2.14. The summed E-state index contributed by atoms with van der Waals surface area (Å²) in [6.45, 7) is 7.38. The standard InChI is InChI=1S/C26H33N5OS/c1-4-19-11-9-12-20(5-2)24(19)31-25(21-13-10-15-27-17-21)28-29-26(31)33-18-23(32)30-16-8-7-14-22(30)6-3/h9-13,15,17,22H,4-8,14,16,18H2,1-3H3/t22-/m1/s1. The monoisotopic (exact) mass is 463 g/mol. The van der Waals surface area contributed by atoms with E-state index in [0.717, 1.165) is 60.9 Å². The SMILES string of the molecule is CCc1cccc(CC)c1-n1c(SCC(=O)N2CCCC[C@H]2CC)nnc1-c1cccnc1. The number of hydrogen-bond donors (Lipinski definition) is 0. The molecular formula is C26H33N5OS. The first-order chi connectivity index (χ1) is 16.2. The number of amides is 1. The van der Waals surface area contributed by atoms with E-state index in [1.54, 1.807) is 6.20 Å². The van der Waals surface area contributed by atoms with Gasteiger partial charge in [-0.1, -0.05) is 50.7 Å². The zero-order chi connectivity index (χ0) is 23.2. The molecule has 6 nitrogen and oxygen atoms in total. The highest BCUT2D eigenvalue weighted by molar-refractivity contribution is 7.99. The number of pyridine rings is 1. The molecule has 1 aliphatic rings. The molecule has 33 heavy (non-hydrogen) atoms. The van der Waals surface area contributed by atoms with E-state index in [2.05, 4.69) is 63.6 Å². The molecule has 3 heterocycles. The molecule has 7 heteroatoms. The summed E-state index contributed by atoms with van der Waals surface area (Å²) in [5.41, 5.74) is 4.54. The van der Waals surface area contributed by atoms with E-state index in [1.807, 2.05) is 18.3 Å². The second kappa shape index (κ2) is 11.0. The lowest BCUT2D eigenvalue weighted by atomic mass is 10.0. The van der Waals surface area contributed by atoms with Gasteiger partial charge in [-0.3, -0.25) is 14.3 Å². The number of nitrogens with zero attached hydrogens (tertiary/aromatic N) is 5. The van der Waals surface area contributed by atoms with Crippen molar-refractivity contribution in [2.45, 2.75) is 70.5 Å². The van der Waals surface area contributed by atoms with Crippen LogP contribution in [0, 0.1) is 0 Å². The molecule has 1 fully saturated rings. The van der Waals surface area contributed by atoms with Gasteiger partial charge in [0.05, 0.1) is 11.4 Å². The molecule has 0 radical (unpaired) electrons. The van der Waals surface area contributed by atoms with Crippen LogP contribution in [0.4, 0.5) is 0 Å². The van der Waals surface area contributed by atoms with Crippen molar-refractivity contribution in [3.05, 3.63) is 53.9 Å². The van der Waals surface area contributed by atoms with Crippen LogP contribution in [0.1, 0.15) is 57.6 Å². The topological polar surface area (TPSA) is 63.9 Å². The largest absolute Gasteiger partial charge is 0.339 e. The Morgan fingerprint density at radius 3 is 2.52 bits per heavy atom. The summed E-state index contributed by atoms with van der Waals surface area (Å²) in [4.78, 5) is 19.5. The number of hydrogen-bond acceptors (Lipinski definition) is 5. The summed E-state index contributed by atoms with van der Waals surface area (Å²) in [6.07, 6.45) is 9.83. The lowest BCUT2D eigenvalue weighted by molar-refractivity contribution is -0.132. The third-order valence-electron chi connectivity index (χ3n) is 6.49. The Kier molecular flexibility index (Phi) is 7.81. The van der Waals surface area contributed by atoms with Crippen LogP contribution in [0.3, 0.4) is 0 Å². The van der Waals surface area contributed by atoms with Crippen molar-refractivity contribution in [3.63, 3.8) is 0 Å². The molecule has 1 aliphatic heterocycles. The van der Waals surface area contributed by atoms with E-state index in [0.29, 0.717) is 11.8 Å². The molecule has 0 unspecified atom stereocenters. The van der Waals surface area contributed by atoms with Gasteiger partial charge >= 0.3 is 0 Å². The van der Waals surface area contributed by atoms with E-state index in [-0.39, 0.29) is 5.91 Å². The van der Waals surface area contributed by atoms with Gasteiger partial charge in [0.15, 0.2) is 11.0 Å². The van der Waals surface area contributed by atoms with Crippen LogP contribution >= 0.6 is 11.8 Å². The van der Waals surface area contributed by atoms with Crippen molar-refractivity contribution in [3.8, 4) is 17.1 Å². The van der Waals surface area contributed by atoms with Gasteiger partial charge in [-0.2, -0.15) is 0 Å². The fraction of sp³-hybridized carbons (Fsp3) is 0.462. The maximum Gasteiger partial charge on any atom is 0.233 e. The van der Waals surface area contributed by atoms with E-state index >= 15 is 0 Å². The average Bonchev–Trinajstić information content (AvgIpc) is 3.30. The normalized spacial score (nSPS) is 16.2. The van der Waals surface area contributed by atoms with Crippen LogP contribution in [-0.4, -0.2) is 48.9 Å². The molecule has 3 aromatic rings. The van der Waals surface area contributed by atoms with Gasteiger partial charge in [0, 0.05) is 30.5 Å². The number of aryl methyl sites for hydroxylation is 2. The first-order valence-electron chi connectivity index (χ1n) is 12.1. The third-order valence-corrected chi connectivity index (χ3v) is 7.40. The number of likely N-dealkylation sites (tertiary alicyclic amines) is 1. The zero-order valence-corrected chi connectivity index (χ0v) is 20.6. The predicted octanol–water partition coefficient (Wildman–Crippen LogP) is 5.34. The fourth-order valence-electron chi connectivity index (χ4n) is 4.71. The Morgan fingerprint density at radius 1 is 1.06 bits per heavy atom. The molecule has 1 saturated heterocycles. The van der Waals surface area contributed by atoms with Crippen molar-refractivity contribution < 1.29 is 4.79 Å². The molecule has 174 valence electrons. The molecule has 1 atom stereocenters. The van der Waals surface area contributed by atoms with E-state index in [4.69, 9.17) is 0 Å². The number of carbonyl (C=O) groups excluding carboxylic acids is 1. The lowest BCUT2D eigenvalue weighted by Crippen LogP contribution is -2.44. The Bertz CT molecular complexity index is 1060. The van der Waals surface area contributed by atoms with Gasteiger partial charge in [0.1, 0.15) is 0 Å². The van der Waals surface area contributed by atoms with Gasteiger partial charge in [-0.05, 0) is 61.8 Å². The molecule has 4 rings (SSSR count). The van der Waals surface area contributed by atoms with E-state index < -0.39 is 0 Å². The minimum atomic E-state index is 0.198. The van der Waals surface area contributed by atoms with Crippen LogP contribution < -0.4 is 0 Å². The van der Waals surface area contributed by atoms with Crippen molar-refractivity contribution in [2.75, 3.05) is 12.3 Å². The molecule has 0 aliphatic carbocycles. The number of piperidine rings is 1. The first kappa shape index (κ1) is 23.5. The minimum absolute atomic E-state index is 0.198. The van der Waals surface area contributed by atoms with Crippen LogP contribution in [0.5, 0.6) is 0 Å². The highest BCUT2D eigenvalue weighted by atomic mass is 32.2. The summed E-state index contributed by atoms with van der Waals surface area (Å²) in [5, 5.41) is 9.87. The van der Waals surface area contributed by atoms with Crippen molar-refractivity contribution >= 4 is 17.7 Å². The molecule has 2 aromatic heterocycles. The van der Waals surface area contributed by atoms with Crippen LogP contribution in [-0.2, 0) is 17.6 Å². The lowest BCUT2D eigenvalue weighted by Gasteiger charge is -2.35. The van der Waals surface area contributed by atoms with Crippen molar-refractivity contribution in [1.29, 1.82) is 0 Å². The summed E-state index contributed by atoms with van der Waals surface area (Å²) in [6, 6.07) is 10.7. The van der Waals surface area contributed by atoms with Crippen LogP contribution in [0.25, 0.3) is 17.1 Å². The summed E-state index contributed by atoms with van der Waals surface area (Å²) in [5.74, 6) is 1.33. The number of carbonyl (C=O) groups is 1. The molecule has 1 amide bonds.